The quantitative estimate of drug-likeness (QED) is 0.624. The van der Waals surface area contributed by atoms with Crippen molar-refractivity contribution in [1.29, 1.82) is 0 Å². The largest absolute Gasteiger partial charge is 0.425 e. The summed E-state index contributed by atoms with van der Waals surface area (Å²) in [7, 11) is 1.48. The summed E-state index contributed by atoms with van der Waals surface area (Å²) in [5.41, 5.74) is -0.704. The number of anilines is 1. The number of aryl methyl sites for hydroxylation is 2. The average Bonchev–Trinajstić information content (AvgIpc) is 2.70. The molecule has 1 N–H and O–H groups in total. The van der Waals surface area contributed by atoms with Gasteiger partial charge in [0.2, 0.25) is 0 Å². The molecule has 0 unspecified atom stereocenters. The number of amides is 1. The van der Waals surface area contributed by atoms with Gasteiger partial charge in [-0.2, -0.15) is 13.2 Å². The summed E-state index contributed by atoms with van der Waals surface area (Å²) in [6.45, 7) is 3.02. The number of nitrogens with one attached hydrogen (secondary N) is 1. The van der Waals surface area contributed by atoms with E-state index in [9.17, 15) is 27.6 Å². The third-order valence-corrected chi connectivity index (χ3v) is 4.79. The molecule has 0 bridgehead atoms. The van der Waals surface area contributed by atoms with Crippen LogP contribution in [0.1, 0.15) is 35.3 Å². The summed E-state index contributed by atoms with van der Waals surface area (Å²) >= 11 is 0. The Labute approximate surface area is 175 Å². The fraction of sp³-hybridized carbons (Fsp3) is 0.227. The molecule has 0 atom stereocenters. The molecule has 0 aliphatic carbocycles. The Bertz CT molecular complexity index is 1230. The Morgan fingerprint density at radius 2 is 1.74 bits per heavy atom. The van der Waals surface area contributed by atoms with Crippen LogP contribution in [0.3, 0.4) is 0 Å². The van der Waals surface area contributed by atoms with Crippen LogP contribution in [0.5, 0.6) is 5.75 Å². The van der Waals surface area contributed by atoms with Crippen molar-refractivity contribution in [3.63, 3.8) is 0 Å². The number of rotatable bonds is 4. The van der Waals surface area contributed by atoms with Gasteiger partial charge in [-0.1, -0.05) is 19.1 Å². The fourth-order valence-electron chi connectivity index (χ4n) is 3.30. The zero-order valence-corrected chi connectivity index (χ0v) is 17.0. The first-order valence-electron chi connectivity index (χ1n) is 9.36. The third kappa shape index (κ3) is 4.30. The normalized spacial score (nSPS) is 11.4. The van der Waals surface area contributed by atoms with Crippen molar-refractivity contribution >= 4 is 28.5 Å². The first-order valence-corrected chi connectivity index (χ1v) is 9.36. The van der Waals surface area contributed by atoms with Crippen LogP contribution in [0.15, 0.2) is 47.3 Å². The standard InChI is InChI=1S/C22H19F3N2O4/c1-4-13-6-5-7-16-17(13)19(31-12(2)28)18(21(30)27(16)3)20(29)26-15-10-8-14(9-11-15)22(23,24)25/h5-11H,4H2,1-3H3,(H,26,29). The molecule has 0 radical (unpaired) electrons. The van der Waals surface area contributed by atoms with E-state index in [2.05, 4.69) is 5.32 Å². The second kappa shape index (κ2) is 8.25. The van der Waals surface area contributed by atoms with Gasteiger partial charge in [0.05, 0.1) is 11.1 Å². The SMILES string of the molecule is CCc1cccc2c1c(OC(C)=O)c(C(=O)Nc1ccc(C(F)(F)F)cc1)c(=O)n2C. The second-order valence-corrected chi connectivity index (χ2v) is 6.86. The molecule has 0 aliphatic rings. The molecule has 0 fully saturated rings. The van der Waals surface area contributed by atoms with Gasteiger partial charge in [0.1, 0.15) is 5.56 Å². The highest BCUT2D eigenvalue weighted by atomic mass is 19.4. The summed E-state index contributed by atoms with van der Waals surface area (Å²) in [5.74, 6) is -1.79. The van der Waals surface area contributed by atoms with E-state index in [4.69, 9.17) is 4.74 Å². The van der Waals surface area contributed by atoms with Crippen LogP contribution in [0, 0.1) is 0 Å². The van der Waals surface area contributed by atoms with Gasteiger partial charge in [0.15, 0.2) is 5.75 Å². The molecule has 3 aromatic rings. The maximum atomic E-state index is 13.0. The molecule has 1 amide bonds. The molecule has 31 heavy (non-hydrogen) atoms. The number of nitrogens with zero attached hydrogens (tertiary/aromatic N) is 1. The van der Waals surface area contributed by atoms with Crippen LogP contribution in [0.4, 0.5) is 18.9 Å². The summed E-state index contributed by atoms with van der Waals surface area (Å²) < 4.78 is 44.8. The van der Waals surface area contributed by atoms with Crippen molar-refractivity contribution in [3.05, 3.63) is 69.5 Å². The highest BCUT2D eigenvalue weighted by molar-refractivity contribution is 6.10. The summed E-state index contributed by atoms with van der Waals surface area (Å²) in [5, 5.41) is 2.85. The Morgan fingerprint density at radius 1 is 1.10 bits per heavy atom. The number of esters is 1. The third-order valence-electron chi connectivity index (χ3n) is 4.79. The lowest BCUT2D eigenvalue weighted by atomic mass is 10.0. The maximum absolute atomic E-state index is 13.0. The monoisotopic (exact) mass is 432 g/mol. The molecule has 0 spiro atoms. The van der Waals surface area contributed by atoms with Crippen molar-refractivity contribution in [2.24, 2.45) is 7.05 Å². The van der Waals surface area contributed by atoms with E-state index in [1.165, 1.54) is 11.6 Å². The van der Waals surface area contributed by atoms with Crippen LogP contribution >= 0.6 is 0 Å². The zero-order valence-electron chi connectivity index (χ0n) is 17.0. The van der Waals surface area contributed by atoms with Gasteiger partial charge in [-0.15, -0.1) is 0 Å². The molecular formula is C22H19F3N2O4. The van der Waals surface area contributed by atoms with E-state index >= 15 is 0 Å². The predicted molar refractivity (Wildman–Crippen MR) is 109 cm³/mol. The maximum Gasteiger partial charge on any atom is 0.416 e. The Balaban J connectivity index is 2.16. The minimum atomic E-state index is -4.52. The molecule has 2 aromatic carbocycles. The molecule has 0 aliphatic heterocycles. The predicted octanol–water partition coefficient (Wildman–Crippen LogP) is 4.30. The van der Waals surface area contributed by atoms with Crippen LogP contribution < -0.4 is 15.6 Å². The number of carbonyl (C=O) groups excluding carboxylic acids is 2. The van der Waals surface area contributed by atoms with E-state index in [1.807, 2.05) is 6.92 Å². The number of hydrogen-bond donors (Lipinski definition) is 1. The van der Waals surface area contributed by atoms with Gasteiger partial charge >= 0.3 is 12.1 Å². The Kier molecular flexibility index (Phi) is 5.88. The molecule has 6 nitrogen and oxygen atoms in total. The second-order valence-electron chi connectivity index (χ2n) is 6.86. The average molecular weight is 432 g/mol. The van der Waals surface area contributed by atoms with Gasteiger partial charge < -0.3 is 14.6 Å². The zero-order chi connectivity index (χ0) is 22.9. The Hall–Kier alpha value is -3.62. The number of carbonyl (C=O) groups is 2. The van der Waals surface area contributed by atoms with Gasteiger partial charge in [-0.25, -0.2) is 0 Å². The highest BCUT2D eigenvalue weighted by Crippen LogP contribution is 2.32. The smallest absolute Gasteiger partial charge is 0.416 e. The van der Waals surface area contributed by atoms with Gasteiger partial charge in [0.25, 0.3) is 11.5 Å². The molecule has 9 heteroatoms. The number of pyridine rings is 1. The van der Waals surface area contributed by atoms with Crippen molar-refractivity contribution in [2.45, 2.75) is 26.4 Å². The number of fused-ring (bicyclic) bond motifs is 1. The van der Waals surface area contributed by atoms with E-state index in [1.54, 1.807) is 18.2 Å². The number of benzene rings is 2. The van der Waals surface area contributed by atoms with Gasteiger partial charge in [-0.05, 0) is 42.3 Å². The molecule has 0 saturated carbocycles. The molecule has 1 heterocycles. The lowest BCUT2D eigenvalue weighted by Gasteiger charge is -2.17. The van der Waals surface area contributed by atoms with Crippen molar-refractivity contribution in [1.82, 2.24) is 4.57 Å². The highest BCUT2D eigenvalue weighted by Gasteiger charge is 2.30. The van der Waals surface area contributed by atoms with E-state index < -0.39 is 34.7 Å². The summed E-state index contributed by atoms with van der Waals surface area (Å²) in [6.07, 6.45) is -3.97. The van der Waals surface area contributed by atoms with E-state index in [0.717, 1.165) is 36.8 Å². The molecule has 0 saturated heterocycles. The van der Waals surface area contributed by atoms with E-state index in [0.29, 0.717) is 17.3 Å². The summed E-state index contributed by atoms with van der Waals surface area (Å²) in [4.78, 5) is 37.7. The van der Waals surface area contributed by atoms with Crippen LogP contribution in [0.2, 0.25) is 0 Å². The van der Waals surface area contributed by atoms with Gasteiger partial charge in [-0.3, -0.25) is 14.4 Å². The van der Waals surface area contributed by atoms with Crippen molar-refractivity contribution in [3.8, 4) is 5.75 Å². The minimum absolute atomic E-state index is 0.0534. The molecule has 162 valence electrons. The Morgan fingerprint density at radius 3 is 2.29 bits per heavy atom. The van der Waals surface area contributed by atoms with Crippen LogP contribution in [-0.4, -0.2) is 16.4 Å². The van der Waals surface area contributed by atoms with Crippen LogP contribution in [-0.2, 0) is 24.4 Å². The first-order chi connectivity index (χ1) is 14.5. The number of alkyl halides is 3. The number of ether oxygens (including phenoxy) is 1. The first kappa shape index (κ1) is 22.1. The van der Waals surface area contributed by atoms with Crippen molar-refractivity contribution in [2.75, 3.05) is 5.32 Å². The lowest BCUT2D eigenvalue weighted by molar-refractivity contribution is -0.137. The minimum Gasteiger partial charge on any atom is -0.425 e. The lowest BCUT2D eigenvalue weighted by Crippen LogP contribution is -2.30. The number of aromatic nitrogens is 1. The van der Waals surface area contributed by atoms with Crippen LogP contribution in [0.25, 0.3) is 10.9 Å². The summed E-state index contributed by atoms with van der Waals surface area (Å²) in [6, 6.07) is 8.99. The number of hydrogen-bond acceptors (Lipinski definition) is 4. The molecular weight excluding hydrogens is 413 g/mol. The fourth-order valence-corrected chi connectivity index (χ4v) is 3.30. The number of halogens is 3. The van der Waals surface area contributed by atoms with Crippen molar-refractivity contribution < 1.29 is 27.5 Å². The van der Waals surface area contributed by atoms with Gasteiger partial charge in [0, 0.05) is 25.0 Å². The topological polar surface area (TPSA) is 77.4 Å². The molecule has 1 aromatic heterocycles. The molecule has 3 rings (SSSR count). The van der Waals surface area contributed by atoms with E-state index in [-0.39, 0.29) is 11.4 Å².